The number of piperidine rings is 1. The van der Waals surface area contributed by atoms with Gasteiger partial charge in [0.05, 0.1) is 5.02 Å². The van der Waals surface area contributed by atoms with Crippen LogP contribution in [0.15, 0.2) is 12.3 Å². The second-order valence-electron chi connectivity index (χ2n) is 6.29. The molecule has 0 atom stereocenters. The molecule has 0 saturated carbocycles. The van der Waals surface area contributed by atoms with E-state index in [4.69, 9.17) is 17.3 Å². The number of nitrogens with two attached hydrogens (primary N) is 1. The lowest BCUT2D eigenvalue weighted by Crippen LogP contribution is -2.38. The summed E-state index contributed by atoms with van der Waals surface area (Å²) in [5.74, 6) is 1.76. The molecule has 21 heavy (non-hydrogen) atoms. The highest BCUT2D eigenvalue weighted by Crippen LogP contribution is 2.29. The van der Waals surface area contributed by atoms with Crippen molar-refractivity contribution in [1.29, 1.82) is 0 Å². The lowest BCUT2D eigenvalue weighted by molar-refractivity contribution is 0.249. The van der Waals surface area contributed by atoms with Gasteiger partial charge in [0.2, 0.25) is 0 Å². The quantitative estimate of drug-likeness (QED) is 0.928. The minimum absolute atomic E-state index is 0.491. The molecule has 3 heterocycles. The van der Waals surface area contributed by atoms with Crippen molar-refractivity contribution in [3.63, 3.8) is 0 Å². The summed E-state index contributed by atoms with van der Waals surface area (Å²) in [5.41, 5.74) is 6.62. The Labute approximate surface area is 132 Å². The molecule has 3 rings (SSSR count). The zero-order chi connectivity index (χ0) is 14.7. The summed E-state index contributed by atoms with van der Waals surface area (Å²) in [6.45, 7) is 6.49. The van der Waals surface area contributed by atoms with E-state index in [-0.39, 0.29) is 0 Å². The van der Waals surface area contributed by atoms with Crippen molar-refractivity contribution in [2.75, 3.05) is 37.6 Å². The van der Waals surface area contributed by atoms with Crippen LogP contribution in [0.1, 0.15) is 31.2 Å². The molecule has 116 valence electrons. The van der Waals surface area contributed by atoms with Gasteiger partial charge < -0.3 is 15.5 Å². The van der Waals surface area contributed by atoms with Crippen LogP contribution in [0.25, 0.3) is 0 Å². The molecule has 5 heteroatoms. The molecule has 2 aliphatic rings. The molecule has 2 N–H and O–H groups in total. The predicted octanol–water partition coefficient (Wildman–Crippen LogP) is 2.51. The van der Waals surface area contributed by atoms with Crippen LogP contribution in [0.2, 0.25) is 5.02 Å². The number of hydrogen-bond donors (Lipinski definition) is 1. The fourth-order valence-corrected chi connectivity index (χ4v) is 3.78. The van der Waals surface area contributed by atoms with Crippen LogP contribution in [0.4, 0.5) is 5.82 Å². The highest BCUT2D eigenvalue weighted by molar-refractivity contribution is 6.33. The van der Waals surface area contributed by atoms with Crippen LogP contribution in [0.5, 0.6) is 0 Å². The van der Waals surface area contributed by atoms with E-state index in [1.54, 1.807) is 0 Å². The van der Waals surface area contributed by atoms with Gasteiger partial charge in [0.15, 0.2) is 0 Å². The summed E-state index contributed by atoms with van der Waals surface area (Å²) in [4.78, 5) is 9.45. The van der Waals surface area contributed by atoms with E-state index in [2.05, 4.69) is 14.8 Å². The summed E-state index contributed by atoms with van der Waals surface area (Å²) in [5, 5.41) is 0.732. The van der Waals surface area contributed by atoms with Crippen molar-refractivity contribution >= 4 is 17.4 Å². The van der Waals surface area contributed by atoms with Gasteiger partial charge in [0.25, 0.3) is 0 Å². The highest BCUT2D eigenvalue weighted by Gasteiger charge is 2.24. The molecule has 0 unspecified atom stereocenters. The first-order valence-electron chi connectivity index (χ1n) is 8.08. The third-order valence-electron chi connectivity index (χ3n) is 4.74. The molecule has 2 saturated heterocycles. The first kappa shape index (κ1) is 15.1. The Kier molecular flexibility index (Phi) is 4.99. The van der Waals surface area contributed by atoms with Crippen LogP contribution < -0.4 is 10.6 Å². The van der Waals surface area contributed by atoms with Crippen molar-refractivity contribution in [1.82, 2.24) is 9.88 Å². The Balaban J connectivity index is 1.55. The SMILES string of the molecule is NCc1cnc(N2CCC(CN3CCCC3)CC2)c(Cl)c1. The van der Waals surface area contributed by atoms with Gasteiger partial charge in [-0.2, -0.15) is 0 Å². The largest absolute Gasteiger partial charge is 0.355 e. The molecular formula is C16H25ClN4. The van der Waals surface area contributed by atoms with Gasteiger partial charge >= 0.3 is 0 Å². The summed E-state index contributed by atoms with van der Waals surface area (Å²) >= 11 is 6.35. The zero-order valence-corrected chi connectivity index (χ0v) is 13.4. The number of anilines is 1. The third-order valence-corrected chi connectivity index (χ3v) is 5.02. The van der Waals surface area contributed by atoms with Gasteiger partial charge in [-0.1, -0.05) is 11.6 Å². The lowest BCUT2D eigenvalue weighted by atomic mass is 9.96. The first-order chi connectivity index (χ1) is 10.3. The number of likely N-dealkylation sites (tertiary alicyclic amines) is 1. The van der Waals surface area contributed by atoms with Crippen molar-refractivity contribution in [3.8, 4) is 0 Å². The molecule has 2 aliphatic heterocycles. The molecule has 2 fully saturated rings. The van der Waals surface area contributed by atoms with Gasteiger partial charge in [0, 0.05) is 32.4 Å². The Hall–Kier alpha value is -0.840. The molecule has 4 nitrogen and oxygen atoms in total. The summed E-state index contributed by atoms with van der Waals surface area (Å²) < 4.78 is 0. The molecule has 0 bridgehead atoms. The minimum Gasteiger partial charge on any atom is -0.355 e. The Morgan fingerprint density at radius 3 is 2.52 bits per heavy atom. The van der Waals surface area contributed by atoms with Gasteiger partial charge in [-0.25, -0.2) is 4.98 Å². The smallest absolute Gasteiger partial charge is 0.147 e. The average Bonchev–Trinajstić information content (AvgIpc) is 3.01. The fraction of sp³-hybridized carbons (Fsp3) is 0.688. The van der Waals surface area contributed by atoms with Crippen molar-refractivity contribution in [2.45, 2.75) is 32.2 Å². The topological polar surface area (TPSA) is 45.4 Å². The number of rotatable bonds is 4. The van der Waals surface area contributed by atoms with E-state index >= 15 is 0 Å². The van der Waals surface area contributed by atoms with Crippen LogP contribution in [0, 0.1) is 5.92 Å². The van der Waals surface area contributed by atoms with Crippen LogP contribution in [0.3, 0.4) is 0 Å². The molecule has 1 aromatic heterocycles. The van der Waals surface area contributed by atoms with Crippen molar-refractivity contribution in [2.24, 2.45) is 11.7 Å². The summed E-state index contributed by atoms with van der Waals surface area (Å²) in [6.07, 6.45) is 7.09. The van der Waals surface area contributed by atoms with Gasteiger partial charge in [-0.05, 0) is 56.3 Å². The van der Waals surface area contributed by atoms with Crippen molar-refractivity contribution in [3.05, 3.63) is 22.8 Å². The number of hydrogen-bond acceptors (Lipinski definition) is 4. The third kappa shape index (κ3) is 3.68. The summed E-state index contributed by atoms with van der Waals surface area (Å²) in [6, 6.07) is 1.94. The average molecular weight is 309 g/mol. The molecule has 0 spiro atoms. The maximum absolute atomic E-state index is 6.35. The van der Waals surface area contributed by atoms with Crippen molar-refractivity contribution < 1.29 is 0 Å². The maximum atomic E-state index is 6.35. The molecular weight excluding hydrogens is 284 g/mol. The lowest BCUT2D eigenvalue weighted by Gasteiger charge is -2.35. The molecule has 1 aromatic rings. The maximum Gasteiger partial charge on any atom is 0.147 e. The normalized spacial score (nSPS) is 21.1. The monoisotopic (exact) mass is 308 g/mol. The molecule has 0 amide bonds. The van der Waals surface area contributed by atoms with Gasteiger partial charge in [-0.15, -0.1) is 0 Å². The Morgan fingerprint density at radius 1 is 1.19 bits per heavy atom. The van der Waals surface area contributed by atoms with E-state index < -0.39 is 0 Å². The molecule has 0 aromatic carbocycles. The van der Waals surface area contributed by atoms with Crippen LogP contribution in [-0.2, 0) is 6.54 Å². The predicted molar refractivity (Wildman–Crippen MR) is 87.7 cm³/mol. The number of pyridine rings is 1. The molecule has 0 radical (unpaired) electrons. The first-order valence-corrected chi connectivity index (χ1v) is 8.46. The van der Waals surface area contributed by atoms with Crippen LogP contribution >= 0.6 is 11.6 Å². The van der Waals surface area contributed by atoms with Gasteiger partial charge in [-0.3, -0.25) is 0 Å². The fourth-order valence-electron chi connectivity index (χ4n) is 3.47. The Bertz CT molecular complexity index is 465. The van der Waals surface area contributed by atoms with E-state index in [0.717, 1.165) is 35.4 Å². The van der Waals surface area contributed by atoms with E-state index in [9.17, 15) is 0 Å². The van der Waals surface area contributed by atoms with E-state index in [0.29, 0.717) is 6.54 Å². The second kappa shape index (κ2) is 6.95. The minimum atomic E-state index is 0.491. The Morgan fingerprint density at radius 2 is 1.90 bits per heavy atom. The molecule has 0 aliphatic carbocycles. The second-order valence-corrected chi connectivity index (χ2v) is 6.70. The van der Waals surface area contributed by atoms with Gasteiger partial charge in [0.1, 0.15) is 5.82 Å². The summed E-state index contributed by atoms with van der Waals surface area (Å²) in [7, 11) is 0. The van der Waals surface area contributed by atoms with E-state index in [1.807, 2.05) is 12.3 Å². The number of halogens is 1. The number of nitrogens with zero attached hydrogens (tertiary/aromatic N) is 3. The number of aromatic nitrogens is 1. The van der Waals surface area contributed by atoms with E-state index in [1.165, 1.54) is 45.3 Å². The van der Waals surface area contributed by atoms with Crippen LogP contribution in [-0.4, -0.2) is 42.6 Å². The standard InChI is InChI=1S/C16H25ClN4/c17-15-9-14(10-18)11-19-16(15)21-7-3-13(4-8-21)12-20-5-1-2-6-20/h9,11,13H,1-8,10,12,18H2. The zero-order valence-electron chi connectivity index (χ0n) is 12.6. The highest BCUT2D eigenvalue weighted by atomic mass is 35.5.